The zero-order valence-corrected chi connectivity index (χ0v) is 9.92. The number of rotatable bonds is 2. The van der Waals surface area contributed by atoms with Crippen LogP contribution < -0.4 is 5.32 Å². The van der Waals surface area contributed by atoms with Crippen molar-refractivity contribution < 1.29 is 18.0 Å². The predicted octanol–water partition coefficient (Wildman–Crippen LogP) is 2.86. The zero-order valence-electron chi connectivity index (χ0n) is 9.92. The van der Waals surface area contributed by atoms with Crippen LogP contribution in [0.1, 0.15) is 40.7 Å². The molecule has 1 amide bonds. The Morgan fingerprint density at radius 2 is 2.05 bits per heavy atom. The standard InChI is InChI=1S/C13H11F3N2O/c14-13(15,16)11-6-8(7-17)4-5-10(11)12(19)18-9-2-1-3-9/h4-6,9H,1-3H2,(H,18,19). The Kier molecular flexibility index (Phi) is 3.47. The summed E-state index contributed by atoms with van der Waals surface area (Å²) in [6.45, 7) is 0. The van der Waals surface area contributed by atoms with Gasteiger partial charge in [-0.25, -0.2) is 0 Å². The Balaban J connectivity index is 2.33. The Labute approximate surface area is 108 Å². The van der Waals surface area contributed by atoms with Crippen LogP contribution in [0.15, 0.2) is 18.2 Å². The van der Waals surface area contributed by atoms with Crippen molar-refractivity contribution in [2.75, 3.05) is 0 Å². The molecule has 1 aliphatic carbocycles. The molecule has 2 rings (SSSR count). The van der Waals surface area contributed by atoms with E-state index in [1.807, 2.05) is 0 Å². The van der Waals surface area contributed by atoms with Crippen LogP contribution in [0.25, 0.3) is 0 Å². The zero-order chi connectivity index (χ0) is 14.0. The van der Waals surface area contributed by atoms with Gasteiger partial charge in [-0.2, -0.15) is 18.4 Å². The molecule has 1 aromatic rings. The first-order valence-electron chi connectivity index (χ1n) is 5.84. The Bertz CT molecular complexity index is 542. The maximum Gasteiger partial charge on any atom is 0.417 e. The van der Waals surface area contributed by atoms with Crippen molar-refractivity contribution in [3.63, 3.8) is 0 Å². The fourth-order valence-electron chi connectivity index (χ4n) is 1.86. The normalized spacial score (nSPS) is 15.5. The number of hydrogen-bond donors (Lipinski definition) is 1. The molecule has 1 aromatic carbocycles. The summed E-state index contributed by atoms with van der Waals surface area (Å²) < 4.78 is 38.6. The number of benzene rings is 1. The molecular formula is C13H11F3N2O. The van der Waals surface area contributed by atoms with Crippen molar-refractivity contribution in [3.8, 4) is 6.07 Å². The SMILES string of the molecule is N#Cc1ccc(C(=O)NC2CCC2)c(C(F)(F)F)c1. The fraction of sp³-hybridized carbons (Fsp3) is 0.385. The van der Waals surface area contributed by atoms with Crippen LogP contribution in [0, 0.1) is 11.3 Å². The summed E-state index contributed by atoms with van der Waals surface area (Å²) in [5.41, 5.74) is -1.62. The molecule has 1 saturated carbocycles. The number of alkyl halides is 3. The quantitative estimate of drug-likeness (QED) is 0.896. The van der Waals surface area contributed by atoms with Crippen LogP contribution in [-0.2, 0) is 6.18 Å². The van der Waals surface area contributed by atoms with Gasteiger partial charge in [0.1, 0.15) is 0 Å². The lowest BCUT2D eigenvalue weighted by Gasteiger charge is -2.27. The third-order valence-corrected chi connectivity index (χ3v) is 3.14. The van der Waals surface area contributed by atoms with E-state index in [1.165, 1.54) is 6.07 Å². The predicted molar refractivity (Wildman–Crippen MR) is 61.3 cm³/mol. The molecule has 0 atom stereocenters. The van der Waals surface area contributed by atoms with Gasteiger partial charge in [-0.1, -0.05) is 0 Å². The summed E-state index contributed by atoms with van der Waals surface area (Å²) >= 11 is 0. The molecule has 1 N–H and O–H groups in total. The number of carbonyl (C=O) groups is 1. The molecule has 100 valence electrons. The smallest absolute Gasteiger partial charge is 0.349 e. The molecule has 0 bridgehead atoms. The van der Waals surface area contributed by atoms with Crippen molar-refractivity contribution in [1.82, 2.24) is 5.32 Å². The highest BCUT2D eigenvalue weighted by Gasteiger charge is 2.36. The lowest BCUT2D eigenvalue weighted by atomic mass is 9.92. The minimum Gasteiger partial charge on any atom is -0.349 e. The average molecular weight is 268 g/mol. The highest BCUT2D eigenvalue weighted by atomic mass is 19.4. The van der Waals surface area contributed by atoms with Gasteiger partial charge in [0.15, 0.2) is 0 Å². The van der Waals surface area contributed by atoms with E-state index in [4.69, 9.17) is 5.26 Å². The summed E-state index contributed by atoms with van der Waals surface area (Å²) in [4.78, 5) is 11.8. The molecule has 19 heavy (non-hydrogen) atoms. The van der Waals surface area contributed by atoms with Crippen molar-refractivity contribution in [1.29, 1.82) is 5.26 Å². The number of nitrogens with zero attached hydrogens (tertiary/aromatic N) is 1. The lowest BCUT2D eigenvalue weighted by Crippen LogP contribution is -2.40. The number of amides is 1. The van der Waals surface area contributed by atoms with Crippen LogP contribution >= 0.6 is 0 Å². The summed E-state index contributed by atoms with van der Waals surface area (Å²) in [5.74, 6) is -0.735. The minimum absolute atomic E-state index is 0.0378. The molecule has 0 radical (unpaired) electrons. The maximum absolute atomic E-state index is 12.9. The van der Waals surface area contributed by atoms with Gasteiger partial charge in [-0.3, -0.25) is 4.79 Å². The summed E-state index contributed by atoms with van der Waals surface area (Å²) in [6.07, 6.45) is -2.09. The summed E-state index contributed by atoms with van der Waals surface area (Å²) in [7, 11) is 0. The van der Waals surface area contributed by atoms with Crippen LogP contribution in [-0.4, -0.2) is 11.9 Å². The molecule has 0 heterocycles. The Morgan fingerprint density at radius 3 is 2.53 bits per heavy atom. The first-order chi connectivity index (χ1) is 8.91. The van der Waals surface area contributed by atoms with E-state index >= 15 is 0 Å². The van der Waals surface area contributed by atoms with Crippen molar-refractivity contribution in [2.45, 2.75) is 31.5 Å². The first-order valence-corrected chi connectivity index (χ1v) is 5.84. The van der Waals surface area contributed by atoms with Crippen LogP contribution in [0.5, 0.6) is 0 Å². The Morgan fingerprint density at radius 1 is 1.37 bits per heavy atom. The third kappa shape index (κ3) is 2.87. The second-order valence-electron chi connectivity index (χ2n) is 4.47. The highest BCUT2D eigenvalue weighted by Crippen LogP contribution is 2.33. The molecule has 0 aliphatic heterocycles. The molecule has 0 aromatic heterocycles. The Hall–Kier alpha value is -2.03. The minimum atomic E-state index is -4.65. The van der Waals surface area contributed by atoms with Gasteiger partial charge in [0.05, 0.1) is 22.8 Å². The van der Waals surface area contributed by atoms with Gasteiger partial charge in [0, 0.05) is 6.04 Å². The van der Waals surface area contributed by atoms with E-state index in [-0.39, 0.29) is 11.6 Å². The molecular weight excluding hydrogens is 257 g/mol. The van der Waals surface area contributed by atoms with E-state index in [2.05, 4.69) is 5.32 Å². The molecule has 0 unspecified atom stereocenters. The van der Waals surface area contributed by atoms with Gasteiger partial charge in [0.2, 0.25) is 0 Å². The van der Waals surface area contributed by atoms with Crippen molar-refractivity contribution >= 4 is 5.91 Å². The molecule has 0 spiro atoms. The van der Waals surface area contributed by atoms with Gasteiger partial charge in [-0.15, -0.1) is 0 Å². The average Bonchev–Trinajstić information content (AvgIpc) is 2.31. The second-order valence-corrected chi connectivity index (χ2v) is 4.47. The van der Waals surface area contributed by atoms with Crippen molar-refractivity contribution in [2.24, 2.45) is 0 Å². The lowest BCUT2D eigenvalue weighted by molar-refractivity contribution is -0.138. The van der Waals surface area contributed by atoms with Crippen LogP contribution in [0.4, 0.5) is 13.2 Å². The summed E-state index contributed by atoms with van der Waals surface area (Å²) in [5, 5.41) is 11.2. The number of carbonyl (C=O) groups excluding carboxylic acids is 1. The largest absolute Gasteiger partial charge is 0.417 e. The number of nitrogens with one attached hydrogen (secondary N) is 1. The molecule has 1 fully saturated rings. The fourth-order valence-corrected chi connectivity index (χ4v) is 1.86. The van der Waals surface area contributed by atoms with E-state index in [9.17, 15) is 18.0 Å². The second kappa shape index (κ2) is 4.92. The van der Waals surface area contributed by atoms with E-state index < -0.39 is 23.2 Å². The van der Waals surface area contributed by atoms with Crippen molar-refractivity contribution in [3.05, 3.63) is 34.9 Å². The van der Waals surface area contributed by atoms with Gasteiger partial charge >= 0.3 is 6.18 Å². The monoisotopic (exact) mass is 268 g/mol. The van der Waals surface area contributed by atoms with Crippen LogP contribution in [0.2, 0.25) is 0 Å². The number of nitriles is 1. The first kappa shape index (κ1) is 13.4. The number of halogens is 3. The van der Waals surface area contributed by atoms with Crippen LogP contribution in [0.3, 0.4) is 0 Å². The highest BCUT2D eigenvalue weighted by molar-refractivity contribution is 5.96. The molecule has 3 nitrogen and oxygen atoms in total. The van der Waals surface area contributed by atoms with Gasteiger partial charge < -0.3 is 5.32 Å². The maximum atomic E-state index is 12.9. The van der Waals surface area contributed by atoms with E-state index in [0.29, 0.717) is 6.07 Å². The van der Waals surface area contributed by atoms with Gasteiger partial charge in [0.25, 0.3) is 5.91 Å². The third-order valence-electron chi connectivity index (χ3n) is 3.14. The van der Waals surface area contributed by atoms with Gasteiger partial charge in [-0.05, 0) is 37.5 Å². The molecule has 6 heteroatoms. The topological polar surface area (TPSA) is 52.9 Å². The van der Waals surface area contributed by atoms with E-state index in [0.717, 1.165) is 25.3 Å². The summed E-state index contributed by atoms with van der Waals surface area (Å²) in [6, 6.07) is 4.57. The number of hydrogen-bond acceptors (Lipinski definition) is 2. The molecule has 1 aliphatic rings. The van der Waals surface area contributed by atoms with E-state index in [1.54, 1.807) is 6.07 Å². The molecule has 0 saturated heterocycles.